The smallest absolute Gasteiger partial charge is 0.412 e. The molecule has 3 N–H and O–H groups in total. The number of unbranched alkanes of at least 4 members (excludes halogenated alkanes) is 10. The highest BCUT2D eigenvalue weighted by atomic mass is 16.6. The van der Waals surface area contributed by atoms with E-state index in [0.717, 1.165) is 141 Å². The number of fused-ring (bicyclic) bond motifs is 3. The van der Waals surface area contributed by atoms with Crippen molar-refractivity contribution in [3.05, 3.63) is 127 Å². The van der Waals surface area contributed by atoms with Crippen molar-refractivity contribution in [2.24, 2.45) is 28.1 Å². The molecule has 6 aromatic rings. The number of amides is 3. The lowest BCUT2D eigenvalue weighted by Crippen LogP contribution is -2.36. The standard InChI is InChI=1S/C30H43NO6.C30H42O6.C26H36N2O6/c1-7-30(5,6)27(33)35-17-18-36-28(34)31-21-29(3,4)20-22(2)11-10-14-26(32)37-25-16-15-23-12-8-9-13-24(23)19-25;1-4-30(2,3)29(33)35-23-15-22-34-27(31)20-10-8-6-5-7-9-11-21-28(32)36-26-19-14-17-24-16-12-13-18-25(24)26;1-3-20(2)24(29)32-17-18-33-25(30)27-15-9-5-4-6-10-16-28-26(31)34-23-14-13-21-11-7-8-12-22(21)19-23/h8-9,12-13,15-16,19,22H,7,10-11,14,17-18,20-21H2,1-6H3,(H,31,34);12-14,16-19H,4-11,15,20-23H2,1-3H3;7-8,11-14,19-20H,3-6,9-10,15-18H2,1-2H3,(H,27,30)(H,28,31). The fraction of sp³-hybridized carbons (Fsp3) is 0.547. The Morgan fingerprint density at radius 2 is 0.822 bits per heavy atom. The van der Waals surface area contributed by atoms with Crippen LogP contribution >= 0.6 is 0 Å². The SMILES string of the molecule is CCC(C)(C)C(=O)OCCCOC(=O)CCCCCCCCCC(=O)Oc1cccc2ccccc12.CCC(C)(C)C(=O)OCCOC(=O)NCC(C)(C)CC(C)CCCC(=O)Oc1ccc2ccccc2c1.CCC(C)C(=O)OCCOC(=O)NCCCCCCCNC(=O)Oc1ccc2ccccc2c1. The zero-order valence-corrected chi connectivity index (χ0v) is 65.5. The van der Waals surface area contributed by atoms with E-state index in [2.05, 4.69) is 36.7 Å². The van der Waals surface area contributed by atoms with Crippen molar-refractivity contribution in [1.29, 1.82) is 0 Å². The first-order chi connectivity index (χ1) is 51.2. The molecule has 2 atom stereocenters. The van der Waals surface area contributed by atoms with Gasteiger partial charge in [0, 0.05) is 50.7 Å². The number of ether oxygens (including phenoxy) is 9. The van der Waals surface area contributed by atoms with Crippen molar-refractivity contribution in [3.8, 4) is 17.2 Å². The van der Waals surface area contributed by atoms with Gasteiger partial charge in [0.1, 0.15) is 43.7 Å². The van der Waals surface area contributed by atoms with Crippen LogP contribution in [-0.2, 0) is 57.2 Å². The Balaban J connectivity index is 0.000000340. The summed E-state index contributed by atoms with van der Waals surface area (Å²) in [5.41, 5.74) is -1.15. The Morgan fingerprint density at radius 1 is 0.383 bits per heavy atom. The van der Waals surface area contributed by atoms with Crippen LogP contribution in [0, 0.1) is 28.1 Å². The van der Waals surface area contributed by atoms with Crippen LogP contribution < -0.4 is 30.2 Å². The van der Waals surface area contributed by atoms with Crippen molar-refractivity contribution in [3.63, 3.8) is 0 Å². The molecule has 3 amide bonds. The second kappa shape index (κ2) is 50.3. The van der Waals surface area contributed by atoms with Gasteiger partial charge in [-0.05, 0) is 154 Å². The number of nitrogens with one attached hydrogen (secondary N) is 3. The molecule has 2 unspecified atom stereocenters. The molecule has 0 saturated heterocycles. The predicted molar refractivity (Wildman–Crippen MR) is 418 cm³/mol. The molecule has 6 rings (SSSR count). The van der Waals surface area contributed by atoms with E-state index in [1.807, 2.05) is 170 Å². The topological polar surface area (TPSA) is 273 Å². The molecule has 6 aromatic carbocycles. The normalized spacial score (nSPS) is 11.8. The number of carbonyl (C=O) groups is 9. The van der Waals surface area contributed by atoms with E-state index in [-0.39, 0.29) is 86.8 Å². The summed E-state index contributed by atoms with van der Waals surface area (Å²) in [4.78, 5) is 107. The monoisotopic (exact) mass is 1480 g/mol. The van der Waals surface area contributed by atoms with Crippen LogP contribution in [0.4, 0.5) is 14.4 Å². The van der Waals surface area contributed by atoms with E-state index >= 15 is 0 Å². The molecule has 0 aliphatic rings. The van der Waals surface area contributed by atoms with Crippen molar-refractivity contribution < 1.29 is 85.8 Å². The van der Waals surface area contributed by atoms with E-state index in [9.17, 15) is 43.2 Å². The average Bonchev–Trinajstić information content (AvgIpc) is 0.836. The molecule has 0 radical (unpaired) electrons. The highest BCUT2D eigenvalue weighted by molar-refractivity contribution is 5.91. The first kappa shape index (κ1) is 90.1. The van der Waals surface area contributed by atoms with E-state index in [0.29, 0.717) is 74.9 Å². The van der Waals surface area contributed by atoms with E-state index in [1.165, 1.54) is 0 Å². The largest absolute Gasteiger partial charge is 0.466 e. The zero-order chi connectivity index (χ0) is 78.3. The second-order valence-electron chi connectivity index (χ2n) is 29.2. The molecule has 0 saturated carbocycles. The average molecular weight is 1480 g/mol. The van der Waals surface area contributed by atoms with Crippen LogP contribution in [0.2, 0.25) is 0 Å². The summed E-state index contributed by atoms with van der Waals surface area (Å²) in [6.07, 6.45) is 16.4. The Bertz CT molecular complexity index is 3670. The van der Waals surface area contributed by atoms with Crippen molar-refractivity contribution in [1.82, 2.24) is 16.0 Å². The van der Waals surface area contributed by atoms with Crippen molar-refractivity contribution in [2.75, 3.05) is 59.3 Å². The van der Waals surface area contributed by atoms with Gasteiger partial charge >= 0.3 is 54.1 Å². The van der Waals surface area contributed by atoms with Crippen molar-refractivity contribution in [2.45, 2.75) is 217 Å². The number of rotatable bonds is 45. The molecule has 107 heavy (non-hydrogen) atoms. The lowest BCUT2D eigenvalue weighted by Gasteiger charge is -2.28. The highest BCUT2D eigenvalue weighted by Crippen LogP contribution is 2.30. The van der Waals surface area contributed by atoms with Crippen LogP contribution in [0.5, 0.6) is 17.2 Å². The molecule has 588 valence electrons. The van der Waals surface area contributed by atoms with Gasteiger partial charge in [-0.2, -0.15) is 0 Å². The quantitative estimate of drug-likeness (QED) is 0.0139. The number of hydrogen-bond donors (Lipinski definition) is 3. The lowest BCUT2D eigenvalue weighted by atomic mass is 9.81. The molecular weight excluding hydrogens is 1360 g/mol. The highest BCUT2D eigenvalue weighted by Gasteiger charge is 2.29. The second-order valence-corrected chi connectivity index (χ2v) is 29.2. The molecule has 21 nitrogen and oxygen atoms in total. The number of esters is 6. The van der Waals surface area contributed by atoms with Gasteiger partial charge in [0.05, 0.1) is 30.0 Å². The molecule has 0 heterocycles. The minimum atomic E-state index is -0.541. The molecule has 0 aliphatic carbocycles. The number of hydrogen-bond acceptors (Lipinski definition) is 18. The molecule has 0 aromatic heterocycles. The predicted octanol–water partition coefficient (Wildman–Crippen LogP) is 19.0. The molecule has 0 bridgehead atoms. The van der Waals surface area contributed by atoms with E-state index in [4.69, 9.17) is 42.6 Å². The Labute approximate surface area is 634 Å². The Hall–Kier alpha value is -9.27. The molecule has 0 spiro atoms. The summed E-state index contributed by atoms with van der Waals surface area (Å²) in [7, 11) is 0. The maximum atomic E-state index is 12.3. The van der Waals surface area contributed by atoms with Gasteiger partial charge in [0.25, 0.3) is 0 Å². The van der Waals surface area contributed by atoms with Crippen LogP contribution in [0.1, 0.15) is 217 Å². The summed E-state index contributed by atoms with van der Waals surface area (Å²) >= 11 is 0. The van der Waals surface area contributed by atoms with Crippen LogP contribution in [0.3, 0.4) is 0 Å². The minimum Gasteiger partial charge on any atom is -0.466 e. The minimum absolute atomic E-state index is 0.0174. The van der Waals surface area contributed by atoms with Gasteiger partial charge in [0.15, 0.2) is 0 Å². The summed E-state index contributed by atoms with van der Waals surface area (Å²) in [6.45, 7) is 23.6. The van der Waals surface area contributed by atoms with Gasteiger partial charge in [-0.3, -0.25) is 28.8 Å². The Morgan fingerprint density at radius 3 is 1.39 bits per heavy atom. The summed E-state index contributed by atoms with van der Waals surface area (Å²) in [5, 5.41) is 14.5. The van der Waals surface area contributed by atoms with E-state index < -0.39 is 29.1 Å². The fourth-order valence-corrected chi connectivity index (χ4v) is 11.0. The number of alkyl carbamates (subject to hydrolysis) is 2. The maximum absolute atomic E-state index is 12.3. The third-order valence-corrected chi connectivity index (χ3v) is 18.5. The number of benzene rings is 6. The molecule has 0 aliphatic heterocycles. The van der Waals surface area contributed by atoms with E-state index in [1.54, 1.807) is 13.0 Å². The molecule has 0 fully saturated rings. The van der Waals surface area contributed by atoms with Crippen LogP contribution in [-0.4, -0.2) is 113 Å². The van der Waals surface area contributed by atoms with Gasteiger partial charge in [0.2, 0.25) is 0 Å². The third kappa shape index (κ3) is 38.2. The summed E-state index contributed by atoms with van der Waals surface area (Å²) in [6, 6.07) is 40.7. The maximum Gasteiger partial charge on any atom is 0.412 e. The first-order valence-electron chi connectivity index (χ1n) is 38.5. The third-order valence-electron chi connectivity index (χ3n) is 18.5. The molecular formula is C86H121N3O18. The van der Waals surface area contributed by atoms with Crippen LogP contribution in [0.15, 0.2) is 127 Å². The van der Waals surface area contributed by atoms with Gasteiger partial charge in [-0.25, -0.2) is 14.4 Å². The zero-order valence-electron chi connectivity index (χ0n) is 65.5. The summed E-state index contributed by atoms with van der Waals surface area (Å²) < 4.78 is 47.2. The first-order valence-corrected chi connectivity index (χ1v) is 38.5. The number of carbonyl (C=O) groups excluding carboxylic acids is 9. The summed E-state index contributed by atoms with van der Waals surface area (Å²) in [5.74, 6) is 0.556. The lowest BCUT2D eigenvalue weighted by molar-refractivity contribution is -0.155. The van der Waals surface area contributed by atoms with Crippen LogP contribution in [0.25, 0.3) is 32.3 Å². The van der Waals surface area contributed by atoms with Gasteiger partial charge in [-0.15, -0.1) is 0 Å². The van der Waals surface area contributed by atoms with Gasteiger partial charge < -0.3 is 58.6 Å². The molecule has 21 heteroatoms. The van der Waals surface area contributed by atoms with Gasteiger partial charge in [-0.1, -0.05) is 203 Å². The Kier molecular flexibility index (Phi) is 42.4. The fourth-order valence-electron chi connectivity index (χ4n) is 11.0. The van der Waals surface area contributed by atoms with Crippen molar-refractivity contribution >= 4 is 86.4 Å².